The molecule has 2 amide bonds. The SMILES string of the molecule is C=CCNC(=O)[C@@H]1CC(=NOC)CN1C(=O)c1ccc(-c2ccccc2)cc1. The van der Waals surface area contributed by atoms with Crippen molar-refractivity contribution in [3.8, 4) is 11.1 Å². The quantitative estimate of drug-likeness (QED) is 0.622. The predicted molar refractivity (Wildman–Crippen MR) is 109 cm³/mol. The average molecular weight is 377 g/mol. The van der Waals surface area contributed by atoms with Gasteiger partial charge in [-0.15, -0.1) is 6.58 Å². The standard InChI is InChI=1S/C22H23N3O3/c1-3-13-23-21(26)20-14-19(24-28-2)15-25(20)22(27)18-11-9-17(10-12-18)16-7-5-4-6-8-16/h3-12,20H,1,13-15H2,2H3,(H,23,26)/t20-/m0/s1. The summed E-state index contributed by atoms with van der Waals surface area (Å²) in [6.45, 7) is 4.21. The van der Waals surface area contributed by atoms with Crippen LogP contribution in [0.1, 0.15) is 16.8 Å². The summed E-state index contributed by atoms with van der Waals surface area (Å²) in [7, 11) is 1.45. The molecular weight excluding hydrogens is 354 g/mol. The molecule has 6 heteroatoms. The van der Waals surface area contributed by atoms with Crippen LogP contribution in [0.2, 0.25) is 0 Å². The van der Waals surface area contributed by atoms with E-state index in [0.717, 1.165) is 11.1 Å². The molecule has 0 radical (unpaired) electrons. The van der Waals surface area contributed by atoms with Crippen LogP contribution in [0.15, 0.2) is 72.4 Å². The maximum absolute atomic E-state index is 13.1. The number of likely N-dealkylation sites (tertiary alicyclic amines) is 1. The number of rotatable bonds is 6. The van der Waals surface area contributed by atoms with Gasteiger partial charge in [-0.3, -0.25) is 9.59 Å². The van der Waals surface area contributed by atoms with Gasteiger partial charge in [0.15, 0.2) is 0 Å². The van der Waals surface area contributed by atoms with Crippen molar-refractivity contribution in [3.63, 3.8) is 0 Å². The van der Waals surface area contributed by atoms with Crippen LogP contribution in [0.25, 0.3) is 11.1 Å². The second-order valence-corrected chi connectivity index (χ2v) is 6.47. The lowest BCUT2D eigenvalue weighted by Crippen LogP contribution is -2.46. The minimum absolute atomic E-state index is 0.209. The largest absolute Gasteiger partial charge is 0.399 e. The predicted octanol–water partition coefficient (Wildman–Crippen LogP) is 2.87. The Balaban J connectivity index is 1.81. The van der Waals surface area contributed by atoms with Gasteiger partial charge in [-0.05, 0) is 23.3 Å². The fraction of sp³-hybridized carbons (Fsp3) is 0.227. The molecule has 0 aliphatic carbocycles. The highest BCUT2D eigenvalue weighted by Gasteiger charge is 2.38. The van der Waals surface area contributed by atoms with E-state index in [2.05, 4.69) is 17.1 Å². The highest BCUT2D eigenvalue weighted by Crippen LogP contribution is 2.23. The van der Waals surface area contributed by atoms with Crippen LogP contribution in [-0.2, 0) is 9.63 Å². The second-order valence-electron chi connectivity index (χ2n) is 6.47. The van der Waals surface area contributed by atoms with Crippen molar-refractivity contribution in [2.45, 2.75) is 12.5 Å². The molecule has 1 atom stereocenters. The zero-order valence-corrected chi connectivity index (χ0v) is 15.8. The number of amides is 2. The van der Waals surface area contributed by atoms with E-state index in [4.69, 9.17) is 4.84 Å². The number of hydrogen-bond donors (Lipinski definition) is 1. The number of carbonyl (C=O) groups is 2. The van der Waals surface area contributed by atoms with E-state index in [0.29, 0.717) is 24.2 Å². The van der Waals surface area contributed by atoms with Crippen molar-refractivity contribution in [3.05, 3.63) is 72.8 Å². The van der Waals surface area contributed by atoms with E-state index in [1.807, 2.05) is 42.5 Å². The number of carbonyl (C=O) groups excluding carboxylic acids is 2. The monoisotopic (exact) mass is 377 g/mol. The van der Waals surface area contributed by atoms with E-state index < -0.39 is 6.04 Å². The summed E-state index contributed by atoms with van der Waals surface area (Å²) in [6, 6.07) is 16.7. The minimum Gasteiger partial charge on any atom is -0.399 e. The summed E-state index contributed by atoms with van der Waals surface area (Å²) in [6.07, 6.45) is 1.95. The van der Waals surface area contributed by atoms with Crippen molar-refractivity contribution in [1.82, 2.24) is 10.2 Å². The maximum atomic E-state index is 13.1. The summed E-state index contributed by atoms with van der Waals surface area (Å²) < 4.78 is 0. The second kappa shape index (κ2) is 8.99. The Hall–Kier alpha value is -3.41. The summed E-state index contributed by atoms with van der Waals surface area (Å²) >= 11 is 0. The van der Waals surface area contributed by atoms with Gasteiger partial charge < -0.3 is 15.1 Å². The Kier molecular flexibility index (Phi) is 6.22. The first-order chi connectivity index (χ1) is 13.6. The molecule has 2 aromatic carbocycles. The molecule has 0 saturated carbocycles. The molecule has 6 nitrogen and oxygen atoms in total. The maximum Gasteiger partial charge on any atom is 0.254 e. The first kappa shape index (κ1) is 19.4. The minimum atomic E-state index is -0.616. The summed E-state index contributed by atoms with van der Waals surface area (Å²) in [5.74, 6) is -0.435. The van der Waals surface area contributed by atoms with E-state index in [-0.39, 0.29) is 18.4 Å². The van der Waals surface area contributed by atoms with Gasteiger partial charge >= 0.3 is 0 Å². The van der Waals surface area contributed by atoms with Crippen LogP contribution in [0.5, 0.6) is 0 Å². The average Bonchev–Trinajstić information content (AvgIpc) is 3.16. The Morgan fingerprint density at radius 2 is 1.86 bits per heavy atom. The Morgan fingerprint density at radius 1 is 1.18 bits per heavy atom. The number of oxime groups is 1. The molecule has 1 aliphatic heterocycles. The molecule has 144 valence electrons. The van der Waals surface area contributed by atoms with Gasteiger partial charge in [0.2, 0.25) is 5.91 Å². The molecule has 0 bridgehead atoms. The molecule has 0 unspecified atom stereocenters. The summed E-state index contributed by atoms with van der Waals surface area (Å²) in [5.41, 5.74) is 3.30. The molecule has 1 saturated heterocycles. The third-order valence-corrected chi connectivity index (χ3v) is 4.60. The molecule has 28 heavy (non-hydrogen) atoms. The molecular formula is C22H23N3O3. The van der Waals surface area contributed by atoms with Crippen molar-refractivity contribution in [2.24, 2.45) is 5.16 Å². The molecule has 3 rings (SSSR count). The molecule has 1 aliphatic rings. The molecule has 0 spiro atoms. The third-order valence-electron chi connectivity index (χ3n) is 4.60. The lowest BCUT2D eigenvalue weighted by molar-refractivity contribution is -0.124. The van der Waals surface area contributed by atoms with Crippen molar-refractivity contribution >= 4 is 17.5 Å². The fourth-order valence-electron chi connectivity index (χ4n) is 3.24. The van der Waals surface area contributed by atoms with Gasteiger partial charge in [-0.2, -0.15) is 0 Å². The lowest BCUT2D eigenvalue weighted by atomic mass is 10.0. The molecule has 0 aromatic heterocycles. The zero-order chi connectivity index (χ0) is 19.9. The van der Waals surface area contributed by atoms with Crippen LogP contribution >= 0.6 is 0 Å². The fourth-order valence-corrected chi connectivity index (χ4v) is 3.24. The number of nitrogens with one attached hydrogen (secondary N) is 1. The lowest BCUT2D eigenvalue weighted by Gasteiger charge is -2.23. The summed E-state index contributed by atoms with van der Waals surface area (Å²) in [4.78, 5) is 31.9. The zero-order valence-electron chi connectivity index (χ0n) is 15.8. The van der Waals surface area contributed by atoms with Gasteiger partial charge in [0.05, 0.1) is 12.3 Å². The van der Waals surface area contributed by atoms with Gasteiger partial charge in [0, 0.05) is 18.5 Å². The molecule has 1 fully saturated rings. The Labute approximate surface area is 164 Å². The highest BCUT2D eigenvalue weighted by atomic mass is 16.6. The van der Waals surface area contributed by atoms with E-state index in [1.54, 1.807) is 18.2 Å². The summed E-state index contributed by atoms with van der Waals surface area (Å²) in [5, 5.41) is 6.70. The molecule has 2 aromatic rings. The normalized spacial score (nSPS) is 17.4. The van der Waals surface area contributed by atoms with Crippen LogP contribution in [0.3, 0.4) is 0 Å². The highest BCUT2D eigenvalue weighted by molar-refractivity contribution is 6.05. The van der Waals surface area contributed by atoms with Gasteiger partial charge in [-0.25, -0.2) is 0 Å². The Bertz CT molecular complexity index is 876. The van der Waals surface area contributed by atoms with E-state index in [1.165, 1.54) is 12.0 Å². The van der Waals surface area contributed by atoms with Crippen LogP contribution in [-0.4, -0.2) is 48.7 Å². The first-order valence-corrected chi connectivity index (χ1v) is 9.08. The Morgan fingerprint density at radius 3 is 2.50 bits per heavy atom. The van der Waals surface area contributed by atoms with Gasteiger partial charge in [0.25, 0.3) is 5.91 Å². The van der Waals surface area contributed by atoms with Crippen molar-refractivity contribution < 1.29 is 14.4 Å². The number of nitrogens with zero attached hydrogens (tertiary/aromatic N) is 2. The number of benzene rings is 2. The van der Waals surface area contributed by atoms with Gasteiger partial charge in [-0.1, -0.05) is 53.7 Å². The van der Waals surface area contributed by atoms with Crippen LogP contribution in [0.4, 0.5) is 0 Å². The van der Waals surface area contributed by atoms with Crippen LogP contribution < -0.4 is 5.32 Å². The number of hydrogen-bond acceptors (Lipinski definition) is 4. The molecule has 1 N–H and O–H groups in total. The van der Waals surface area contributed by atoms with Crippen LogP contribution in [0, 0.1) is 0 Å². The van der Waals surface area contributed by atoms with E-state index >= 15 is 0 Å². The van der Waals surface area contributed by atoms with E-state index in [9.17, 15) is 9.59 Å². The van der Waals surface area contributed by atoms with Crippen molar-refractivity contribution in [2.75, 3.05) is 20.2 Å². The smallest absolute Gasteiger partial charge is 0.254 e. The first-order valence-electron chi connectivity index (χ1n) is 9.08. The van der Waals surface area contributed by atoms with Crippen molar-refractivity contribution in [1.29, 1.82) is 0 Å². The molecule has 1 heterocycles. The topological polar surface area (TPSA) is 71.0 Å². The third kappa shape index (κ3) is 4.28. The van der Waals surface area contributed by atoms with Gasteiger partial charge in [0.1, 0.15) is 13.2 Å².